The second-order valence-corrected chi connectivity index (χ2v) is 6.77. The zero-order valence-electron chi connectivity index (χ0n) is 14.0. The Kier molecular flexibility index (Phi) is 5.16. The summed E-state index contributed by atoms with van der Waals surface area (Å²) in [6.07, 6.45) is 6.19. The lowest BCUT2D eigenvalue weighted by molar-refractivity contribution is 0.0688. The number of nitrogens with zero attached hydrogens (tertiary/aromatic N) is 1. The molecule has 1 amide bonds. The Bertz CT molecular complexity index is 615. The van der Waals surface area contributed by atoms with Crippen LogP contribution in [-0.4, -0.2) is 42.0 Å². The molecule has 2 heterocycles. The van der Waals surface area contributed by atoms with E-state index in [9.17, 15) is 9.59 Å². The lowest BCUT2D eigenvalue weighted by Gasteiger charge is -2.32. The Morgan fingerprint density at radius 2 is 2.04 bits per heavy atom. The number of rotatable bonds is 4. The molecule has 5 nitrogen and oxygen atoms in total. The monoisotopic (exact) mass is 317 g/mol. The number of nitrogens with one attached hydrogen (secondary N) is 2. The van der Waals surface area contributed by atoms with Crippen molar-refractivity contribution < 1.29 is 4.79 Å². The number of carbonyl (C=O) groups is 1. The molecule has 5 heteroatoms. The van der Waals surface area contributed by atoms with Crippen molar-refractivity contribution in [1.29, 1.82) is 0 Å². The van der Waals surface area contributed by atoms with E-state index in [0.29, 0.717) is 11.5 Å². The summed E-state index contributed by atoms with van der Waals surface area (Å²) in [5.74, 6) is 0.544. The molecule has 0 aromatic carbocycles. The zero-order valence-corrected chi connectivity index (χ0v) is 14.0. The number of hydrogen-bond donors (Lipinski definition) is 2. The topological polar surface area (TPSA) is 65.2 Å². The molecule has 2 N–H and O–H groups in total. The van der Waals surface area contributed by atoms with Crippen LogP contribution in [0.15, 0.2) is 10.9 Å². The van der Waals surface area contributed by atoms with E-state index in [0.717, 1.165) is 76.0 Å². The van der Waals surface area contributed by atoms with Gasteiger partial charge in [-0.15, -0.1) is 0 Å². The molecule has 1 saturated heterocycles. The first-order chi connectivity index (χ1) is 11.2. The average Bonchev–Trinajstić information content (AvgIpc) is 2.59. The van der Waals surface area contributed by atoms with E-state index < -0.39 is 0 Å². The fourth-order valence-corrected chi connectivity index (χ4v) is 3.69. The Morgan fingerprint density at radius 1 is 1.30 bits per heavy atom. The van der Waals surface area contributed by atoms with Crippen LogP contribution in [0.5, 0.6) is 0 Å². The van der Waals surface area contributed by atoms with Crippen molar-refractivity contribution in [3.05, 3.63) is 33.2 Å². The Balaban J connectivity index is 1.68. The second kappa shape index (κ2) is 7.30. The molecule has 23 heavy (non-hydrogen) atoms. The summed E-state index contributed by atoms with van der Waals surface area (Å²) in [4.78, 5) is 29.8. The number of aromatic amines is 1. The largest absolute Gasteiger partial charge is 0.338 e. The molecule has 126 valence electrons. The summed E-state index contributed by atoms with van der Waals surface area (Å²) in [6.45, 7) is 5.64. The third-order valence-corrected chi connectivity index (χ3v) is 5.15. The SMILES string of the molecule is CCNCC1CCN(C(=O)c2cc3c([nH]c2=O)CCCC3)CC1. The van der Waals surface area contributed by atoms with Crippen LogP contribution >= 0.6 is 0 Å². The van der Waals surface area contributed by atoms with E-state index in [4.69, 9.17) is 0 Å². The highest BCUT2D eigenvalue weighted by atomic mass is 16.2. The van der Waals surface area contributed by atoms with Gasteiger partial charge in [0.15, 0.2) is 0 Å². The first-order valence-corrected chi connectivity index (χ1v) is 8.94. The van der Waals surface area contributed by atoms with Crippen molar-refractivity contribution in [2.45, 2.75) is 45.4 Å². The molecule has 0 radical (unpaired) electrons. The number of carbonyl (C=O) groups excluding carboxylic acids is 1. The van der Waals surface area contributed by atoms with Gasteiger partial charge < -0.3 is 15.2 Å². The van der Waals surface area contributed by atoms with Gasteiger partial charge in [-0.25, -0.2) is 0 Å². The highest BCUT2D eigenvalue weighted by Gasteiger charge is 2.26. The minimum atomic E-state index is -0.217. The first kappa shape index (κ1) is 16.2. The molecule has 0 atom stereocenters. The Hall–Kier alpha value is -1.62. The first-order valence-electron chi connectivity index (χ1n) is 8.94. The van der Waals surface area contributed by atoms with Gasteiger partial charge in [0.25, 0.3) is 11.5 Å². The second-order valence-electron chi connectivity index (χ2n) is 6.77. The normalized spacial score (nSPS) is 18.7. The Morgan fingerprint density at radius 3 is 2.78 bits per heavy atom. The van der Waals surface area contributed by atoms with Crippen LogP contribution < -0.4 is 10.9 Å². The molecule has 3 rings (SSSR count). The van der Waals surface area contributed by atoms with Gasteiger partial charge in [-0.1, -0.05) is 6.92 Å². The number of pyridine rings is 1. The van der Waals surface area contributed by atoms with Gasteiger partial charge in [0.05, 0.1) is 0 Å². The summed E-state index contributed by atoms with van der Waals surface area (Å²) in [5.41, 5.74) is 2.30. The van der Waals surface area contributed by atoms with E-state index in [1.165, 1.54) is 0 Å². The van der Waals surface area contributed by atoms with Gasteiger partial charge in [-0.05, 0) is 69.2 Å². The van der Waals surface area contributed by atoms with E-state index >= 15 is 0 Å². The van der Waals surface area contributed by atoms with Crippen molar-refractivity contribution in [2.75, 3.05) is 26.2 Å². The molecule has 0 saturated carbocycles. The van der Waals surface area contributed by atoms with E-state index in [2.05, 4.69) is 17.2 Å². The predicted octanol–water partition coefficient (Wildman–Crippen LogP) is 1.72. The smallest absolute Gasteiger partial charge is 0.261 e. The molecule has 1 aliphatic heterocycles. The van der Waals surface area contributed by atoms with Crippen molar-refractivity contribution in [3.8, 4) is 0 Å². The van der Waals surface area contributed by atoms with Gasteiger partial charge in [0.1, 0.15) is 5.56 Å². The molecule has 1 aliphatic carbocycles. The van der Waals surface area contributed by atoms with Crippen LogP contribution in [0.25, 0.3) is 0 Å². The number of amides is 1. The molecule has 0 unspecified atom stereocenters. The van der Waals surface area contributed by atoms with Crippen LogP contribution in [0.2, 0.25) is 0 Å². The van der Waals surface area contributed by atoms with Gasteiger partial charge in [0.2, 0.25) is 0 Å². The molecule has 1 aromatic heterocycles. The van der Waals surface area contributed by atoms with Crippen LogP contribution in [0.4, 0.5) is 0 Å². The lowest BCUT2D eigenvalue weighted by Crippen LogP contribution is -2.42. The molecule has 0 spiro atoms. The molecular formula is C18H27N3O2. The van der Waals surface area contributed by atoms with Crippen molar-refractivity contribution in [3.63, 3.8) is 0 Å². The van der Waals surface area contributed by atoms with E-state index in [1.54, 1.807) is 0 Å². The van der Waals surface area contributed by atoms with Gasteiger partial charge in [-0.2, -0.15) is 0 Å². The quantitative estimate of drug-likeness (QED) is 0.888. The minimum Gasteiger partial charge on any atom is -0.338 e. The van der Waals surface area contributed by atoms with E-state index in [-0.39, 0.29) is 11.5 Å². The molecule has 1 fully saturated rings. The van der Waals surface area contributed by atoms with Gasteiger partial charge >= 0.3 is 0 Å². The van der Waals surface area contributed by atoms with Gasteiger partial charge in [-0.3, -0.25) is 9.59 Å². The highest BCUT2D eigenvalue weighted by Crippen LogP contribution is 2.21. The maximum atomic E-state index is 12.7. The molecule has 2 aliphatic rings. The average molecular weight is 317 g/mol. The molecular weight excluding hydrogens is 290 g/mol. The number of piperidine rings is 1. The van der Waals surface area contributed by atoms with Crippen LogP contribution in [0.3, 0.4) is 0 Å². The Labute approximate surface area is 137 Å². The maximum Gasteiger partial charge on any atom is 0.261 e. The predicted molar refractivity (Wildman–Crippen MR) is 90.9 cm³/mol. The third-order valence-electron chi connectivity index (χ3n) is 5.15. The summed E-state index contributed by atoms with van der Waals surface area (Å²) in [5, 5.41) is 3.38. The number of hydrogen-bond acceptors (Lipinski definition) is 3. The summed E-state index contributed by atoms with van der Waals surface area (Å²) >= 11 is 0. The van der Waals surface area contributed by atoms with Crippen molar-refractivity contribution >= 4 is 5.91 Å². The number of aryl methyl sites for hydroxylation is 2. The standard InChI is InChI=1S/C18H27N3O2/c1-2-19-12-13-7-9-21(10-8-13)18(23)15-11-14-5-3-4-6-16(14)20-17(15)22/h11,13,19H,2-10,12H2,1H3,(H,20,22). The number of aromatic nitrogens is 1. The zero-order chi connectivity index (χ0) is 16.2. The highest BCUT2D eigenvalue weighted by molar-refractivity contribution is 5.94. The lowest BCUT2D eigenvalue weighted by atomic mass is 9.94. The number of fused-ring (bicyclic) bond motifs is 1. The maximum absolute atomic E-state index is 12.7. The molecule has 1 aromatic rings. The van der Waals surface area contributed by atoms with E-state index in [1.807, 2.05) is 11.0 Å². The fourth-order valence-electron chi connectivity index (χ4n) is 3.69. The van der Waals surface area contributed by atoms with Crippen molar-refractivity contribution in [1.82, 2.24) is 15.2 Å². The van der Waals surface area contributed by atoms with Crippen LogP contribution in [0, 0.1) is 5.92 Å². The summed E-state index contributed by atoms with van der Waals surface area (Å²) < 4.78 is 0. The van der Waals surface area contributed by atoms with Gasteiger partial charge in [0, 0.05) is 18.8 Å². The number of H-pyrrole nitrogens is 1. The third kappa shape index (κ3) is 3.66. The molecule has 0 bridgehead atoms. The van der Waals surface area contributed by atoms with Crippen molar-refractivity contribution in [2.24, 2.45) is 5.92 Å². The fraction of sp³-hybridized carbons (Fsp3) is 0.667. The summed E-state index contributed by atoms with van der Waals surface area (Å²) in [6, 6.07) is 1.85. The minimum absolute atomic E-state index is 0.0958. The number of likely N-dealkylation sites (tertiary alicyclic amines) is 1. The van der Waals surface area contributed by atoms with Crippen LogP contribution in [-0.2, 0) is 12.8 Å². The summed E-state index contributed by atoms with van der Waals surface area (Å²) in [7, 11) is 0. The van der Waals surface area contributed by atoms with Crippen LogP contribution in [0.1, 0.15) is 54.2 Å².